The van der Waals surface area contributed by atoms with E-state index in [0.717, 1.165) is 57.4 Å². The standard InChI is InChI=1S/C17H23N3O3.C2H2O4/c21-17(19-10-3-4-11-19)15-7-5-9-18(13-15)12-14-6-1-2-8-16(14)20(22)23;3-1(4)2(5)6/h1-2,6,8,15H,3-5,7,9-13H2;(H,3,4)(H,5,6). The second kappa shape index (κ2) is 10.5. The molecule has 0 bridgehead atoms. The highest BCUT2D eigenvalue weighted by atomic mass is 16.6. The Morgan fingerprint density at radius 2 is 1.79 bits per heavy atom. The summed E-state index contributed by atoms with van der Waals surface area (Å²) in [5.74, 6) is -3.63. The van der Waals surface area contributed by atoms with E-state index < -0.39 is 11.9 Å². The normalized spacial score (nSPS) is 21.0. The van der Waals surface area contributed by atoms with Crippen molar-refractivity contribution < 1.29 is 34.4 Å². The van der Waals surface area contributed by atoms with Gasteiger partial charge in [-0.25, -0.2) is 4.79 Å². The largest absolute Gasteiger partial charge is 0.539 e. The molecule has 29 heavy (non-hydrogen) atoms. The lowest BCUT2D eigenvalue weighted by molar-refractivity contribution is -0.921. The van der Waals surface area contributed by atoms with Crippen molar-refractivity contribution in [2.45, 2.75) is 32.2 Å². The summed E-state index contributed by atoms with van der Waals surface area (Å²) in [4.78, 5) is 44.7. The number of aliphatic carboxylic acids is 2. The molecule has 0 saturated carbocycles. The molecule has 1 aromatic carbocycles. The first-order valence-electron chi connectivity index (χ1n) is 9.58. The molecule has 2 N–H and O–H groups in total. The fraction of sp³-hybridized carbons (Fsp3) is 0.526. The van der Waals surface area contributed by atoms with Gasteiger partial charge in [0, 0.05) is 19.2 Å². The predicted octanol–water partition coefficient (Wildman–Crippen LogP) is -1.17. The van der Waals surface area contributed by atoms with E-state index in [2.05, 4.69) is 0 Å². The number of benzene rings is 1. The number of amides is 1. The second-order valence-electron chi connectivity index (χ2n) is 7.23. The Kier molecular flexibility index (Phi) is 8.08. The highest BCUT2D eigenvalue weighted by Crippen LogP contribution is 2.19. The lowest BCUT2D eigenvalue weighted by atomic mass is 9.96. The topological polar surface area (TPSA) is 145 Å². The van der Waals surface area contributed by atoms with Crippen LogP contribution in [-0.4, -0.2) is 59.0 Å². The highest BCUT2D eigenvalue weighted by molar-refractivity contribution is 6.26. The number of likely N-dealkylation sites (tertiary alicyclic amines) is 2. The van der Waals surface area contributed by atoms with E-state index >= 15 is 0 Å². The molecule has 2 aliphatic heterocycles. The summed E-state index contributed by atoms with van der Waals surface area (Å²) in [6.07, 6.45) is 4.20. The van der Waals surface area contributed by atoms with Gasteiger partial charge in [-0.1, -0.05) is 12.1 Å². The van der Waals surface area contributed by atoms with Crippen LogP contribution in [0.3, 0.4) is 0 Å². The number of nitrogens with one attached hydrogen (secondary N) is 1. The molecule has 2 saturated heterocycles. The smallest absolute Gasteiger partial charge is 0.351 e. The van der Waals surface area contributed by atoms with Crippen molar-refractivity contribution in [3.8, 4) is 0 Å². The number of nitro groups is 1. The van der Waals surface area contributed by atoms with E-state index in [4.69, 9.17) is 19.8 Å². The van der Waals surface area contributed by atoms with E-state index in [0.29, 0.717) is 12.5 Å². The van der Waals surface area contributed by atoms with E-state index in [9.17, 15) is 14.9 Å². The summed E-state index contributed by atoms with van der Waals surface area (Å²) in [5.41, 5.74) is 0.953. The van der Waals surface area contributed by atoms with E-state index in [1.807, 2.05) is 17.0 Å². The number of quaternary nitrogens is 1. The molecule has 2 atom stereocenters. The van der Waals surface area contributed by atoms with Gasteiger partial charge in [0.25, 0.3) is 5.69 Å². The van der Waals surface area contributed by atoms with Crippen LogP contribution in [0.2, 0.25) is 0 Å². The fourth-order valence-electron chi connectivity index (χ4n) is 3.83. The first kappa shape index (κ1) is 22.3. The molecule has 0 aromatic heterocycles. The Morgan fingerprint density at radius 3 is 2.38 bits per heavy atom. The van der Waals surface area contributed by atoms with Crippen molar-refractivity contribution in [1.82, 2.24) is 4.90 Å². The van der Waals surface area contributed by atoms with Crippen LogP contribution in [0.25, 0.3) is 0 Å². The van der Waals surface area contributed by atoms with E-state index in [1.54, 1.807) is 12.1 Å². The van der Waals surface area contributed by atoms with E-state index in [1.165, 1.54) is 4.90 Å². The molecule has 0 aliphatic carbocycles. The van der Waals surface area contributed by atoms with Crippen molar-refractivity contribution in [2.75, 3.05) is 26.2 Å². The molecular formula is C19H25N3O7. The fourth-order valence-corrected chi connectivity index (χ4v) is 3.83. The number of nitrogens with zero attached hydrogens (tertiary/aromatic N) is 2. The van der Waals surface area contributed by atoms with Crippen molar-refractivity contribution >= 4 is 23.5 Å². The number of carbonyl (C=O) groups is 3. The molecule has 1 aromatic rings. The van der Waals surface area contributed by atoms with Crippen LogP contribution in [-0.2, 0) is 20.9 Å². The van der Waals surface area contributed by atoms with Gasteiger partial charge in [-0.2, -0.15) is 0 Å². The number of hydrogen-bond donors (Lipinski definition) is 2. The van der Waals surface area contributed by atoms with Gasteiger partial charge in [0.1, 0.15) is 6.54 Å². The molecule has 3 rings (SSSR count). The SMILES string of the molecule is O=C(C1CCC[NH+](Cc2ccccc2[N+](=O)[O-])C1)N1CCCC1.O=C([O-])C(=O)O. The molecule has 1 amide bonds. The van der Waals surface area contributed by atoms with Gasteiger partial charge in [0.15, 0.2) is 5.97 Å². The van der Waals surface area contributed by atoms with Gasteiger partial charge in [-0.3, -0.25) is 14.9 Å². The lowest BCUT2D eigenvalue weighted by Crippen LogP contribution is -3.12. The Morgan fingerprint density at radius 1 is 1.17 bits per heavy atom. The van der Waals surface area contributed by atoms with Crippen molar-refractivity contribution in [3.63, 3.8) is 0 Å². The number of carbonyl (C=O) groups excluding carboxylic acids is 2. The van der Waals surface area contributed by atoms with Crippen LogP contribution in [0.5, 0.6) is 0 Å². The zero-order valence-electron chi connectivity index (χ0n) is 16.0. The van der Waals surface area contributed by atoms with Gasteiger partial charge < -0.3 is 24.8 Å². The minimum absolute atomic E-state index is 0.0830. The maximum absolute atomic E-state index is 12.6. The Hall–Kier alpha value is -3.01. The number of para-hydroxylation sites is 1. The first-order valence-corrected chi connectivity index (χ1v) is 9.58. The summed E-state index contributed by atoms with van der Waals surface area (Å²) < 4.78 is 0. The quantitative estimate of drug-likeness (QED) is 0.363. The predicted molar refractivity (Wildman–Crippen MR) is 98.7 cm³/mol. The molecule has 10 nitrogen and oxygen atoms in total. The number of nitro benzene ring substituents is 1. The summed E-state index contributed by atoms with van der Waals surface area (Å²) in [6.45, 7) is 4.20. The van der Waals surface area contributed by atoms with Gasteiger partial charge in [-0.05, 0) is 31.7 Å². The number of carboxylic acids is 2. The minimum Gasteiger partial charge on any atom is -0.539 e. The van der Waals surface area contributed by atoms with Gasteiger partial charge in [-0.15, -0.1) is 0 Å². The molecule has 2 heterocycles. The molecular weight excluding hydrogens is 382 g/mol. The van der Waals surface area contributed by atoms with Crippen molar-refractivity contribution in [2.24, 2.45) is 5.92 Å². The third-order valence-corrected chi connectivity index (χ3v) is 5.19. The third kappa shape index (κ3) is 6.53. The van der Waals surface area contributed by atoms with Crippen molar-refractivity contribution in [3.05, 3.63) is 39.9 Å². The maximum Gasteiger partial charge on any atom is 0.351 e. The summed E-state index contributed by atoms with van der Waals surface area (Å²) in [5, 5.41) is 27.5. The molecule has 0 radical (unpaired) electrons. The Balaban J connectivity index is 0.000000438. The van der Waals surface area contributed by atoms with Gasteiger partial charge in [0.05, 0.1) is 29.5 Å². The first-order chi connectivity index (χ1) is 13.8. The van der Waals surface area contributed by atoms with Gasteiger partial charge >= 0.3 is 5.97 Å². The van der Waals surface area contributed by atoms with Crippen LogP contribution >= 0.6 is 0 Å². The van der Waals surface area contributed by atoms with E-state index in [-0.39, 0.29) is 16.5 Å². The Labute approximate surface area is 167 Å². The van der Waals surface area contributed by atoms with Crippen LogP contribution < -0.4 is 10.0 Å². The monoisotopic (exact) mass is 407 g/mol. The molecule has 2 fully saturated rings. The zero-order chi connectivity index (χ0) is 21.4. The summed E-state index contributed by atoms with van der Waals surface area (Å²) in [6, 6.07) is 6.94. The maximum atomic E-state index is 12.6. The molecule has 2 unspecified atom stereocenters. The number of hydrogen-bond acceptors (Lipinski definition) is 6. The third-order valence-electron chi connectivity index (χ3n) is 5.19. The lowest BCUT2D eigenvalue weighted by Gasteiger charge is -2.31. The highest BCUT2D eigenvalue weighted by Gasteiger charge is 2.33. The number of carboxylic acid groups (broad SMARTS) is 2. The minimum atomic E-state index is -2.07. The van der Waals surface area contributed by atoms with Crippen molar-refractivity contribution in [1.29, 1.82) is 0 Å². The molecule has 10 heteroatoms. The molecule has 158 valence electrons. The molecule has 0 spiro atoms. The summed E-state index contributed by atoms with van der Waals surface area (Å²) in [7, 11) is 0. The number of rotatable bonds is 4. The number of piperidine rings is 1. The average molecular weight is 407 g/mol. The second-order valence-corrected chi connectivity index (χ2v) is 7.23. The van der Waals surface area contributed by atoms with Crippen LogP contribution in [0.4, 0.5) is 5.69 Å². The average Bonchev–Trinajstić information content (AvgIpc) is 3.23. The van der Waals surface area contributed by atoms with Crippen LogP contribution in [0.1, 0.15) is 31.2 Å². The van der Waals surface area contributed by atoms with Crippen LogP contribution in [0.15, 0.2) is 24.3 Å². The Bertz CT molecular complexity index is 750. The van der Waals surface area contributed by atoms with Gasteiger partial charge in [0.2, 0.25) is 5.91 Å². The zero-order valence-corrected chi connectivity index (χ0v) is 16.0. The van der Waals surface area contributed by atoms with Crippen LogP contribution in [0, 0.1) is 16.0 Å². The molecule has 2 aliphatic rings. The summed E-state index contributed by atoms with van der Waals surface area (Å²) >= 11 is 0.